The summed E-state index contributed by atoms with van der Waals surface area (Å²) in [5.74, 6) is 1.63. The van der Waals surface area contributed by atoms with Crippen molar-refractivity contribution in [2.24, 2.45) is 7.05 Å². The molecule has 0 fully saturated rings. The Morgan fingerprint density at radius 2 is 2.20 bits per heavy atom. The summed E-state index contributed by atoms with van der Waals surface area (Å²) in [6, 6.07) is 5.90. The first-order chi connectivity index (χ1) is 9.66. The Morgan fingerprint density at radius 1 is 1.35 bits per heavy atom. The maximum absolute atomic E-state index is 6.22. The van der Waals surface area contributed by atoms with Gasteiger partial charge in [0.1, 0.15) is 0 Å². The van der Waals surface area contributed by atoms with Crippen molar-refractivity contribution in [2.75, 3.05) is 6.79 Å². The van der Waals surface area contributed by atoms with E-state index in [1.165, 1.54) is 0 Å². The second kappa shape index (κ2) is 5.34. The molecule has 0 saturated carbocycles. The molecule has 1 aliphatic rings. The third kappa shape index (κ3) is 2.34. The lowest BCUT2D eigenvalue weighted by molar-refractivity contribution is 0.173. The van der Waals surface area contributed by atoms with Crippen LogP contribution in [0.5, 0.6) is 11.5 Å². The van der Waals surface area contributed by atoms with Crippen LogP contribution in [0.25, 0.3) is 0 Å². The Morgan fingerprint density at radius 3 is 2.95 bits per heavy atom. The molecule has 2 heterocycles. The quantitative estimate of drug-likeness (QED) is 0.940. The highest BCUT2D eigenvalue weighted by Gasteiger charge is 2.17. The second-order valence-corrected chi connectivity index (χ2v) is 5.10. The lowest BCUT2D eigenvalue weighted by atomic mass is 10.2. The lowest BCUT2D eigenvalue weighted by Gasteiger charge is -2.08. The van der Waals surface area contributed by atoms with Crippen LogP contribution in [-0.4, -0.2) is 16.6 Å². The summed E-state index contributed by atoms with van der Waals surface area (Å²) >= 11 is 6.22. The Balaban J connectivity index is 1.68. The fourth-order valence-electron chi connectivity index (χ4n) is 2.32. The zero-order valence-electron chi connectivity index (χ0n) is 11.4. The van der Waals surface area contributed by atoms with Gasteiger partial charge < -0.3 is 14.8 Å². The molecule has 6 heteroatoms. The number of hydrogen-bond acceptors (Lipinski definition) is 4. The molecule has 0 aliphatic carbocycles. The molecular weight excluding hydrogens is 278 g/mol. The van der Waals surface area contributed by atoms with Gasteiger partial charge in [0.15, 0.2) is 11.5 Å². The summed E-state index contributed by atoms with van der Waals surface area (Å²) in [6.45, 7) is 3.54. The average molecular weight is 294 g/mol. The van der Waals surface area contributed by atoms with Crippen molar-refractivity contribution in [3.8, 4) is 11.5 Å². The van der Waals surface area contributed by atoms with Gasteiger partial charge in [-0.25, -0.2) is 0 Å². The molecule has 0 amide bonds. The van der Waals surface area contributed by atoms with Crippen molar-refractivity contribution in [1.82, 2.24) is 15.1 Å². The Labute approximate surface area is 122 Å². The Bertz CT molecular complexity index is 640. The zero-order chi connectivity index (χ0) is 14.1. The smallest absolute Gasteiger partial charge is 0.231 e. The van der Waals surface area contributed by atoms with Gasteiger partial charge in [-0.05, 0) is 13.0 Å². The molecule has 2 aromatic rings. The van der Waals surface area contributed by atoms with E-state index in [1.807, 2.05) is 32.2 Å². The lowest BCUT2D eigenvalue weighted by Crippen LogP contribution is -2.16. The number of ether oxygens (including phenoxy) is 2. The molecule has 1 aromatic heterocycles. The third-order valence-corrected chi connectivity index (χ3v) is 3.84. The fraction of sp³-hybridized carbons (Fsp3) is 0.357. The van der Waals surface area contributed by atoms with Gasteiger partial charge in [0.25, 0.3) is 0 Å². The Kier molecular flexibility index (Phi) is 3.54. The molecule has 0 bridgehead atoms. The van der Waals surface area contributed by atoms with Gasteiger partial charge in [0.2, 0.25) is 6.79 Å². The number of hydrogen-bond donors (Lipinski definition) is 1. The molecule has 1 N–H and O–H groups in total. The second-order valence-electron chi connectivity index (χ2n) is 4.72. The molecule has 0 spiro atoms. The van der Waals surface area contributed by atoms with Crippen LogP contribution < -0.4 is 14.8 Å². The minimum absolute atomic E-state index is 0.291. The van der Waals surface area contributed by atoms with Gasteiger partial charge in [0, 0.05) is 25.7 Å². The normalized spacial score (nSPS) is 12.9. The van der Waals surface area contributed by atoms with Crippen molar-refractivity contribution in [3.05, 3.63) is 40.2 Å². The number of fused-ring (bicyclic) bond motifs is 1. The number of nitrogens with zero attached hydrogens (tertiary/aromatic N) is 2. The van der Waals surface area contributed by atoms with E-state index in [9.17, 15) is 0 Å². The van der Waals surface area contributed by atoms with Crippen LogP contribution >= 0.6 is 11.6 Å². The minimum Gasteiger partial charge on any atom is -0.454 e. The highest BCUT2D eigenvalue weighted by molar-refractivity contribution is 6.31. The van der Waals surface area contributed by atoms with Crippen LogP contribution in [0.1, 0.15) is 17.0 Å². The first kappa shape index (κ1) is 13.3. The van der Waals surface area contributed by atoms with E-state index in [0.717, 1.165) is 33.5 Å². The van der Waals surface area contributed by atoms with E-state index in [1.54, 1.807) is 4.68 Å². The predicted molar refractivity (Wildman–Crippen MR) is 76.1 cm³/mol. The summed E-state index contributed by atoms with van der Waals surface area (Å²) in [6.07, 6.45) is 0. The maximum Gasteiger partial charge on any atom is 0.231 e. The van der Waals surface area contributed by atoms with E-state index in [-0.39, 0.29) is 0 Å². The van der Waals surface area contributed by atoms with Crippen molar-refractivity contribution in [2.45, 2.75) is 20.0 Å². The summed E-state index contributed by atoms with van der Waals surface area (Å²) in [5, 5.41) is 8.38. The highest BCUT2D eigenvalue weighted by Crippen LogP contribution is 2.35. The van der Waals surface area contributed by atoms with Gasteiger partial charge in [-0.3, -0.25) is 4.68 Å². The molecule has 1 aliphatic heterocycles. The Hall–Kier alpha value is -1.72. The van der Waals surface area contributed by atoms with Crippen molar-refractivity contribution in [3.63, 3.8) is 0 Å². The molecule has 20 heavy (non-hydrogen) atoms. The molecule has 0 saturated heterocycles. The number of aryl methyl sites for hydroxylation is 2. The van der Waals surface area contributed by atoms with Crippen molar-refractivity contribution >= 4 is 11.6 Å². The van der Waals surface area contributed by atoms with E-state index >= 15 is 0 Å². The predicted octanol–water partition coefficient (Wildman–Crippen LogP) is 2.40. The van der Waals surface area contributed by atoms with Gasteiger partial charge in [-0.1, -0.05) is 23.7 Å². The van der Waals surface area contributed by atoms with E-state index < -0.39 is 0 Å². The molecule has 0 radical (unpaired) electrons. The van der Waals surface area contributed by atoms with E-state index in [4.69, 9.17) is 21.1 Å². The summed E-state index contributed by atoms with van der Waals surface area (Å²) < 4.78 is 12.6. The molecule has 0 unspecified atom stereocenters. The van der Waals surface area contributed by atoms with Crippen LogP contribution in [0, 0.1) is 6.92 Å². The third-order valence-electron chi connectivity index (χ3n) is 3.35. The van der Waals surface area contributed by atoms with E-state index in [2.05, 4.69) is 10.4 Å². The first-order valence-electron chi connectivity index (χ1n) is 6.43. The van der Waals surface area contributed by atoms with Crippen molar-refractivity contribution in [1.29, 1.82) is 0 Å². The molecular formula is C14H16ClN3O2. The van der Waals surface area contributed by atoms with Gasteiger partial charge in [-0.15, -0.1) is 0 Å². The summed E-state index contributed by atoms with van der Waals surface area (Å²) in [7, 11) is 1.90. The highest BCUT2D eigenvalue weighted by atomic mass is 35.5. The van der Waals surface area contributed by atoms with Crippen LogP contribution in [0.4, 0.5) is 0 Å². The van der Waals surface area contributed by atoms with Crippen molar-refractivity contribution < 1.29 is 9.47 Å². The SMILES string of the molecule is Cc1nn(C)c(CNCc2cccc3c2OCO3)c1Cl. The molecule has 0 atom stereocenters. The standard InChI is InChI=1S/C14H16ClN3O2/c1-9-13(15)11(18(2)17-9)7-16-6-10-4-3-5-12-14(10)20-8-19-12/h3-5,16H,6-8H2,1-2H3. The molecule has 1 aromatic carbocycles. The van der Waals surface area contributed by atoms with Crippen LogP contribution in [-0.2, 0) is 20.1 Å². The monoisotopic (exact) mass is 293 g/mol. The first-order valence-corrected chi connectivity index (χ1v) is 6.81. The summed E-state index contributed by atoms with van der Waals surface area (Å²) in [4.78, 5) is 0. The average Bonchev–Trinajstić information content (AvgIpc) is 2.99. The molecule has 3 rings (SSSR count). The number of rotatable bonds is 4. The molecule has 5 nitrogen and oxygen atoms in total. The largest absolute Gasteiger partial charge is 0.454 e. The van der Waals surface area contributed by atoms with Gasteiger partial charge in [0.05, 0.1) is 16.4 Å². The maximum atomic E-state index is 6.22. The van der Waals surface area contributed by atoms with Crippen LogP contribution in [0.2, 0.25) is 5.02 Å². The van der Waals surface area contributed by atoms with Crippen LogP contribution in [0.15, 0.2) is 18.2 Å². The fourth-order valence-corrected chi connectivity index (χ4v) is 2.54. The van der Waals surface area contributed by atoms with Crippen LogP contribution in [0.3, 0.4) is 0 Å². The number of benzene rings is 1. The van der Waals surface area contributed by atoms with Gasteiger partial charge in [-0.2, -0.15) is 5.10 Å². The minimum atomic E-state index is 0.291. The number of para-hydroxylation sites is 1. The topological polar surface area (TPSA) is 48.3 Å². The van der Waals surface area contributed by atoms with E-state index in [0.29, 0.717) is 19.9 Å². The zero-order valence-corrected chi connectivity index (χ0v) is 12.2. The number of aromatic nitrogens is 2. The van der Waals surface area contributed by atoms with Gasteiger partial charge >= 0.3 is 0 Å². The summed E-state index contributed by atoms with van der Waals surface area (Å²) in [5.41, 5.74) is 2.91. The number of nitrogens with one attached hydrogen (secondary N) is 1. The molecule has 106 valence electrons. The number of halogens is 1.